The fraction of sp³-hybridized carbons (Fsp3) is 0.739. The fourth-order valence-corrected chi connectivity index (χ4v) is 14.4. The van der Waals surface area contributed by atoms with Gasteiger partial charge in [0.25, 0.3) is 0 Å². The van der Waals surface area contributed by atoms with Crippen LogP contribution < -0.4 is 10.6 Å². The van der Waals surface area contributed by atoms with Gasteiger partial charge in [-0.25, -0.2) is 9.59 Å². The molecule has 286 valence electrons. The summed E-state index contributed by atoms with van der Waals surface area (Å²) in [6, 6.07) is 7.61. The number of rotatable bonds is 7. The predicted molar refractivity (Wildman–Crippen MR) is 212 cm³/mol. The van der Waals surface area contributed by atoms with E-state index in [9.17, 15) is 14.7 Å². The van der Waals surface area contributed by atoms with Crippen LogP contribution in [0.2, 0.25) is 0 Å². The molecule has 1 saturated heterocycles. The van der Waals surface area contributed by atoms with Crippen molar-refractivity contribution in [3.8, 4) is 0 Å². The first-order valence-corrected chi connectivity index (χ1v) is 20.9. The average Bonchev–Trinajstić information content (AvgIpc) is 3.47. The van der Waals surface area contributed by atoms with Gasteiger partial charge in [-0.05, 0) is 179 Å². The Kier molecular flexibility index (Phi) is 9.44. The largest absolute Gasteiger partial charge is 0.478 e. The zero-order chi connectivity index (χ0) is 37.5. The summed E-state index contributed by atoms with van der Waals surface area (Å²) in [5.41, 5.74) is 4.61. The van der Waals surface area contributed by atoms with E-state index in [1.54, 1.807) is 12.1 Å². The molecule has 0 unspecified atom stereocenters. The third-order valence-electron chi connectivity index (χ3n) is 17.3. The third kappa shape index (κ3) is 5.73. The van der Waals surface area contributed by atoms with Crippen LogP contribution in [-0.2, 0) is 0 Å². The van der Waals surface area contributed by atoms with Crippen LogP contribution in [0.3, 0.4) is 0 Å². The number of likely N-dealkylation sites (tertiary alicyclic amines) is 1. The van der Waals surface area contributed by atoms with Gasteiger partial charge in [-0.3, -0.25) is 4.90 Å². The van der Waals surface area contributed by atoms with Crippen molar-refractivity contribution < 1.29 is 14.7 Å². The van der Waals surface area contributed by atoms with E-state index in [2.05, 4.69) is 83.6 Å². The van der Waals surface area contributed by atoms with Crippen LogP contribution in [0.4, 0.5) is 4.79 Å². The van der Waals surface area contributed by atoms with Gasteiger partial charge >= 0.3 is 12.0 Å². The van der Waals surface area contributed by atoms with Gasteiger partial charge in [0.2, 0.25) is 0 Å². The first-order chi connectivity index (χ1) is 24.4. The summed E-state index contributed by atoms with van der Waals surface area (Å²) in [5, 5.41) is 16.6. The molecule has 0 radical (unpaired) electrons. The molecular formula is C46H69N3O3. The Bertz CT molecular complexity index is 1600. The first kappa shape index (κ1) is 37.7. The number of hydrogen-bond acceptors (Lipinski definition) is 3. The molecule has 52 heavy (non-hydrogen) atoms. The summed E-state index contributed by atoms with van der Waals surface area (Å²) in [6.07, 6.45) is 16.8. The van der Waals surface area contributed by atoms with Gasteiger partial charge in [-0.2, -0.15) is 0 Å². The normalized spacial score (nSPS) is 39.9. The van der Waals surface area contributed by atoms with Crippen molar-refractivity contribution in [1.29, 1.82) is 0 Å². The molecule has 6 nitrogen and oxygen atoms in total. The zero-order valence-corrected chi connectivity index (χ0v) is 33.8. The molecule has 7 rings (SSSR count). The number of benzene rings is 1. The number of carbonyl (C=O) groups is 2. The van der Waals surface area contributed by atoms with Crippen LogP contribution in [0.15, 0.2) is 42.5 Å². The van der Waals surface area contributed by atoms with Gasteiger partial charge < -0.3 is 15.7 Å². The van der Waals surface area contributed by atoms with Gasteiger partial charge in [-0.1, -0.05) is 71.4 Å². The van der Waals surface area contributed by atoms with Gasteiger partial charge in [0.05, 0.1) is 5.56 Å². The second kappa shape index (κ2) is 13.0. The molecule has 5 fully saturated rings. The number of carbonyl (C=O) groups excluding carboxylic acids is 1. The number of fused-ring (bicyclic) bond motifs is 7. The number of urea groups is 1. The lowest BCUT2D eigenvalue weighted by atomic mass is 9.33. The summed E-state index contributed by atoms with van der Waals surface area (Å²) in [5.74, 6) is 1.77. The van der Waals surface area contributed by atoms with E-state index >= 15 is 0 Å². The van der Waals surface area contributed by atoms with Crippen LogP contribution in [0.1, 0.15) is 148 Å². The lowest BCUT2D eigenvalue weighted by molar-refractivity contribution is -0.218. The lowest BCUT2D eigenvalue weighted by Crippen LogP contribution is -2.69. The van der Waals surface area contributed by atoms with Crippen LogP contribution in [-0.4, -0.2) is 52.7 Å². The Morgan fingerprint density at radius 1 is 0.885 bits per heavy atom. The fourth-order valence-electron chi connectivity index (χ4n) is 14.4. The van der Waals surface area contributed by atoms with E-state index in [0.717, 1.165) is 38.8 Å². The van der Waals surface area contributed by atoms with E-state index in [-0.39, 0.29) is 38.8 Å². The SMILES string of the molecule is C=C(C)[C@@H]1CC[C@]2(NC(=O)NCC(C)(C)N3CCCCC3)CC[C@]3(C)[C@H](CC[C@@H]4[C@@]5(C)CC=C(c6ccc(C(=O)O)cc6)C(C)(C)[C@@H]5CC[C@]43C)[C@@H]12. The maximum absolute atomic E-state index is 13.9. The Morgan fingerprint density at radius 3 is 2.23 bits per heavy atom. The van der Waals surface area contributed by atoms with Crippen LogP contribution in [0.25, 0.3) is 5.57 Å². The first-order valence-electron chi connectivity index (χ1n) is 20.9. The predicted octanol–water partition coefficient (Wildman–Crippen LogP) is 10.4. The van der Waals surface area contributed by atoms with Gasteiger partial charge in [-0.15, -0.1) is 0 Å². The van der Waals surface area contributed by atoms with Crippen molar-refractivity contribution >= 4 is 17.6 Å². The topological polar surface area (TPSA) is 81.7 Å². The highest BCUT2D eigenvalue weighted by Crippen LogP contribution is 2.76. The number of carboxylic acids is 1. The second-order valence-electron chi connectivity index (χ2n) is 20.4. The van der Waals surface area contributed by atoms with Crippen molar-refractivity contribution in [3.63, 3.8) is 0 Å². The molecule has 1 aromatic carbocycles. The highest BCUT2D eigenvalue weighted by atomic mass is 16.4. The number of amides is 2. The number of piperidine rings is 1. The minimum atomic E-state index is -0.870. The van der Waals surface area contributed by atoms with Gasteiger partial charge in [0, 0.05) is 17.6 Å². The maximum atomic E-state index is 13.9. The van der Waals surface area contributed by atoms with Crippen molar-refractivity contribution in [2.45, 2.75) is 144 Å². The van der Waals surface area contributed by atoms with Gasteiger partial charge in [0.15, 0.2) is 0 Å². The summed E-state index contributed by atoms with van der Waals surface area (Å²) in [6.45, 7) is 27.2. The number of allylic oxidation sites excluding steroid dienone is 3. The van der Waals surface area contributed by atoms with Crippen LogP contribution >= 0.6 is 0 Å². The number of hydrogen-bond donors (Lipinski definition) is 3. The Labute approximate surface area is 315 Å². The quantitative estimate of drug-likeness (QED) is 0.246. The van der Waals surface area contributed by atoms with Gasteiger partial charge in [0.1, 0.15) is 0 Å². The molecule has 6 heteroatoms. The van der Waals surface area contributed by atoms with Crippen LogP contribution in [0.5, 0.6) is 0 Å². The molecule has 4 saturated carbocycles. The molecule has 9 atom stereocenters. The highest BCUT2D eigenvalue weighted by molar-refractivity contribution is 5.88. The molecule has 1 aromatic rings. The van der Waals surface area contributed by atoms with E-state index in [1.165, 1.54) is 68.1 Å². The number of nitrogens with one attached hydrogen (secondary N) is 2. The van der Waals surface area contributed by atoms with Crippen molar-refractivity contribution in [1.82, 2.24) is 15.5 Å². The van der Waals surface area contributed by atoms with E-state index < -0.39 is 5.97 Å². The molecule has 1 aliphatic heterocycles. The van der Waals surface area contributed by atoms with E-state index in [1.807, 2.05) is 12.1 Å². The van der Waals surface area contributed by atoms with Crippen LogP contribution in [0, 0.1) is 51.2 Å². The number of aromatic carboxylic acids is 1. The average molecular weight is 712 g/mol. The van der Waals surface area contributed by atoms with E-state index in [4.69, 9.17) is 0 Å². The molecule has 0 aromatic heterocycles. The Balaban J connectivity index is 1.14. The molecule has 3 N–H and O–H groups in total. The Morgan fingerprint density at radius 2 is 1.58 bits per heavy atom. The molecule has 5 aliphatic carbocycles. The molecular weight excluding hydrogens is 643 g/mol. The standard InChI is InChI=1S/C46H69N3O3/c1-30(2)33-19-24-46(48-40(52)47-29-41(3,4)49-27-11-10-12-28-49)26-25-44(8)35(38(33)46)17-18-37-43(7)22-20-34(31-13-15-32(16-14-31)39(50)51)42(5,6)36(43)21-23-45(37,44)9/h13-16,20,33,35-38H,1,10-12,17-19,21-29H2,2-9H3,(H,50,51)(H2,47,48,52)/t33-,35+,36-,37+,38+,43-,44+,45+,46-/m0/s1. The molecule has 2 amide bonds. The lowest BCUT2D eigenvalue weighted by Gasteiger charge is -2.72. The summed E-state index contributed by atoms with van der Waals surface area (Å²) < 4.78 is 0. The summed E-state index contributed by atoms with van der Waals surface area (Å²) >= 11 is 0. The van der Waals surface area contributed by atoms with Crippen molar-refractivity contribution in [2.24, 2.45) is 51.2 Å². The number of nitrogens with zero attached hydrogens (tertiary/aromatic N) is 1. The smallest absolute Gasteiger partial charge is 0.335 e. The highest BCUT2D eigenvalue weighted by Gasteiger charge is 2.70. The summed E-state index contributed by atoms with van der Waals surface area (Å²) in [7, 11) is 0. The third-order valence-corrected chi connectivity index (χ3v) is 17.3. The monoisotopic (exact) mass is 712 g/mol. The molecule has 1 heterocycles. The van der Waals surface area contributed by atoms with Crippen molar-refractivity contribution in [2.75, 3.05) is 19.6 Å². The molecule has 6 aliphatic rings. The maximum Gasteiger partial charge on any atom is 0.335 e. The number of carboxylic acid groups (broad SMARTS) is 1. The summed E-state index contributed by atoms with van der Waals surface area (Å²) in [4.78, 5) is 28.1. The Hall–Kier alpha value is -2.60. The zero-order valence-electron chi connectivity index (χ0n) is 33.8. The minimum Gasteiger partial charge on any atom is -0.478 e. The van der Waals surface area contributed by atoms with E-state index in [0.29, 0.717) is 41.7 Å². The molecule has 0 bridgehead atoms. The van der Waals surface area contributed by atoms with Crippen molar-refractivity contribution in [3.05, 3.63) is 53.6 Å². The second-order valence-corrected chi connectivity index (χ2v) is 20.4. The molecule has 0 spiro atoms. The minimum absolute atomic E-state index is 0.00507.